The molecule has 4 nitrogen and oxygen atoms in total. The number of ether oxygens (including phenoxy) is 2. The Morgan fingerprint density at radius 1 is 1.44 bits per heavy atom. The largest absolute Gasteiger partial charge is 0.574 e. The number of rotatable bonds is 4. The van der Waals surface area contributed by atoms with Crippen molar-refractivity contribution in [3.8, 4) is 17.8 Å². The van der Waals surface area contributed by atoms with E-state index in [4.69, 9.17) is 5.26 Å². The maximum atomic E-state index is 12.7. The van der Waals surface area contributed by atoms with Gasteiger partial charge in [-0.1, -0.05) is 0 Å². The number of nitriles is 1. The normalized spacial score (nSPS) is 10.9. The molecule has 8 heteroatoms. The third-order valence-electron chi connectivity index (χ3n) is 1.97. The Kier molecular flexibility index (Phi) is 4.31. The monoisotopic (exact) mass is 264 g/mol. The first-order valence-corrected chi connectivity index (χ1v) is 4.66. The number of methoxy groups -OCH3 is 1. The van der Waals surface area contributed by atoms with E-state index in [2.05, 4.69) is 14.5 Å². The zero-order valence-electron chi connectivity index (χ0n) is 9.21. The molecule has 0 unspecified atom stereocenters. The number of pyridine rings is 1. The molecule has 0 atom stereocenters. The molecular weight excluding hydrogens is 256 g/mol. The second-order valence-corrected chi connectivity index (χ2v) is 3.12. The maximum Gasteiger partial charge on any atom is 0.574 e. The highest BCUT2D eigenvalue weighted by atomic mass is 19.4. The van der Waals surface area contributed by atoms with E-state index < -0.39 is 18.9 Å². The van der Waals surface area contributed by atoms with Crippen LogP contribution in [0.5, 0.6) is 11.8 Å². The number of hydrogen-bond acceptors (Lipinski definition) is 4. The van der Waals surface area contributed by atoms with Crippen LogP contribution in [-0.4, -0.2) is 18.5 Å². The van der Waals surface area contributed by atoms with Crippen molar-refractivity contribution >= 4 is 0 Å². The highest BCUT2D eigenvalue weighted by molar-refractivity contribution is 5.40. The predicted octanol–water partition coefficient (Wildman–Crippen LogP) is 2.52. The van der Waals surface area contributed by atoms with Gasteiger partial charge in [0.05, 0.1) is 19.6 Å². The summed E-state index contributed by atoms with van der Waals surface area (Å²) in [5.74, 6) is -1.12. The molecule has 1 aromatic rings. The van der Waals surface area contributed by atoms with Gasteiger partial charge in [-0.2, -0.15) is 10.2 Å². The average molecular weight is 264 g/mol. The van der Waals surface area contributed by atoms with Crippen LogP contribution in [0, 0.1) is 11.3 Å². The lowest BCUT2D eigenvalue weighted by Gasteiger charge is -2.13. The van der Waals surface area contributed by atoms with Crippen LogP contribution < -0.4 is 9.47 Å². The first-order chi connectivity index (χ1) is 8.41. The van der Waals surface area contributed by atoms with Gasteiger partial charge in [0.1, 0.15) is 6.67 Å². The lowest BCUT2D eigenvalue weighted by Crippen LogP contribution is -2.18. The van der Waals surface area contributed by atoms with Crippen molar-refractivity contribution in [1.82, 2.24) is 4.98 Å². The summed E-state index contributed by atoms with van der Waals surface area (Å²) in [4.78, 5) is 3.38. The maximum absolute atomic E-state index is 12.7. The second-order valence-electron chi connectivity index (χ2n) is 3.12. The van der Waals surface area contributed by atoms with Gasteiger partial charge < -0.3 is 9.47 Å². The van der Waals surface area contributed by atoms with E-state index in [1.807, 2.05) is 0 Å². The summed E-state index contributed by atoms with van der Waals surface area (Å²) in [6.07, 6.45) is -5.19. The van der Waals surface area contributed by atoms with E-state index >= 15 is 0 Å². The summed E-state index contributed by atoms with van der Waals surface area (Å²) >= 11 is 0. The fourth-order valence-corrected chi connectivity index (χ4v) is 1.30. The van der Waals surface area contributed by atoms with Gasteiger partial charge in [-0.3, -0.25) is 0 Å². The van der Waals surface area contributed by atoms with Crippen LogP contribution in [0.2, 0.25) is 0 Å². The van der Waals surface area contributed by atoms with Gasteiger partial charge in [0.15, 0.2) is 0 Å². The molecule has 0 spiro atoms. The van der Waals surface area contributed by atoms with Crippen molar-refractivity contribution in [3.63, 3.8) is 0 Å². The van der Waals surface area contributed by atoms with E-state index in [1.165, 1.54) is 0 Å². The van der Waals surface area contributed by atoms with E-state index in [1.54, 1.807) is 6.07 Å². The smallest absolute Gasteiger partial charge is 0.481 e. The van der Waals surface area contributed by atoms with Crippen molar-refractivity contribution in [2.45, 2.75) is 19.5 Å². The summed E-state index contributed by atoms with van der Waals surface area (Å²) in [5, 5.41) is 8.53. The molecular formula is C10H8F4N2O2. The fourth-order valence-electron chi connectivity index (χ4n) is 1.30. The molecule has 0 fully saturated rings. The van der Waals surface area contributed by atoms with Crippen LogP contribution in [-0.2, 0) is 13.1 Å². The standard InChI is InChI=1S/C10H8F4N2O2/c1-17-9-7(5-11)6(2-3-15)4-8(16-9)18-10(12,13)14/h4H,2,5H2,1H3. The average Bonchev–Trinajstić information content (AvgIpc) is 2.26. The molecule has 0 aliphatic heterocycles. The third kappa shape index (κ3) is 3.48. The van der Waals surface area contributed by atoms with Gasteiger partial charge >= 0.3 is 6.36 Å². The SMILES string of the molecule is COc1nc(OC(F)(F)F)cc(CC#N)c1CF. The Labute approximate surface area is 99.8 Å². The van der Waals surface area contributed by atoms with Crippen LogP contribution in [0.25, 0.3) is 0 Å². The molecule has 1 aromatic heterocycles. The Bertz CT molecular complexity index is 468. The third-order valence-corrected chi connectivity index (χ3v) is 1.97. The van der Waals surface area contributed by atoms with Crippen LogP contribution in [0.15, 0.2) is 6.07 Å². The second kappa shape index (κ2) is 5.53. The highest BCUT2D eigenvalue weighted by Gasteiger charge is 2.32. The molecule has 18 heavy (non-hydrogen) atoms. The molecule has 0 aliphatic rings. The van der Waals surface area contributed by atoms with Crippen LogP contribution in [0.3, 0.4) is 0 Å². The summed E-state index contributed by atoms with van der Waals surface area (Å²) in [6, 6.07) is 2.58. The Balaban J connectivity index is 3.23. The molecule has 0 bridgehead atoms. The molecule has 0 aliphatic carbocycles. The van der Waals surface area contributed by atoms with E-state index in [9.17, 15) is 17.6 Å². The summed E-state index contributed by atoms with van der Waals surface area (Å²) in [5.41, 5.74) is -0.0142. The summed E-state index contributed by atoms with van der Waals surface area (Å²) in [7, 11) is 1.13. The number of hydrogen-bond donors (Lipinski definition) is 0. The van der Waals surface area contributed by atoms with E-state index in [0.717, 1.165) is 13.2 Å². The summed E-state index contributed by atoms with van der Waals surface area (Å²) in [6.45, 7) is -1.00. The quantitative estimate of drug-likeness (QED) is 0.784. The van der Waals surface area contributed by atoms with Gasteiger partial charge in [0.25, 0.3) is 0 Å². The molecule has 1 heterocycles. The number of nitrogens with zero attached hydrogens (tertiary/aromatic N) is 2. The minimum Gasteiger partial charge on any atom is -0.481 e. The van der Waals surface area contributed by atoms with Crippen molar-refractivity contribution in [1.29, 1.82) is 5.26 Å². The predicted molar refractivity (Wildman–Crippen MR) is 51.6 cm³/mol. The fraction of sp³-hybridized carbons (Fsp3) is 0.400. The first kappa shape index (κ1) is 14.0. The first-order valence-electron chi connectivity index (χ1n) is 4.66. The van der Waals surface area contributed by atoms with Crippen LogP contribution in [0.1, 0.15) is 11.1 Å². The van der Waals surface area contributed by atoms with Gasteiger partial charge in [-0.25, -0.2) is 4.39 Å². The van der Waals surface area contributed by atoms with Crippen molar-refractivity contribution in [2.75, 3.05) is 7.11 Å². The van der Waals surface area contributed by atoms with Crippen LogP contribution >= 0.6 is 0 Å². The molecule has 0 saturated heterocycles. The zero-order valence-corrected chi connectivity index (χ0v) is 9.21. The molecule has 0 N–H and O–H groups in total. The topological polar surface area (TPSA) is 55.1 Å². The van der Waals surface area contributed by atoms with Crippen molar-refractivity contribution < 1.29 is 27.0 Å². The Morgan fingerprint density at radius 3 is 2.56 bits per heavy atom. The lowest BCUT2D eigenvalue weighted by molar-refractivity contribution is -0.276. The lowest BCUT2D eigenvalue weighted by atomic mass is 10.1. The minimum atomic E-state index is -4.92. The number of halogens is 4. The zero-order chi connectivity index (χ0) is 13.8. The number of alkyl halides is 4. The van der Waals surface area contributed by atoms with Gasteiger partial charge in [-0.05, 0) is 5.56 Å². The van der Waals surface area contributed by atoms with Crippen molar-refractivity contribution in [2.24, 2.45) is 0 Å². The molecule has 0 amide bonds. The minimum absolute atomic E-state index is 0.0473. The Hall–Kier alpha value is -2.04. The van der Waals surface area contributed by atoms with Gasteiger partial charge in [0.2, 0.25) is 11.8 Å². The highest BCUT2D eigenvalue weighted by Crippen LogP contribution is 2.29. The molecule has 1 rings (SSSR count). The number of aromatic nitrogens is 1. The van der Waals surface area contributed by atoms with Crippen molar-refractivity contribution in [3.05, 3.63) is 17.2 Å². The molecule has 98 valence electrons. The molecule has 0 saturated carbocycles. The molecule has 0 radical (unpaired) electrons. The van der Waals surface area contributed by atoms with Gasteiger partial charge in [0, 0.05) is 11.6 Å². The molecule has 0 aromatic carbocycles. The Morgan fingerprint density at radius 2 is 2.11 bits per heavy atom. The van der Waals surface area contributed by atoms with E-state index in [0.29, 0.717) is 0 Å². The van der Waals surface area contributed by atoms with E-state index in [-0.39, 0.29) is 23.4 Å². The van der Waals surface area contributed by atoms with Gasteiger partial charge in [-0.15, -0.1) is 13.2 Å². The summed E-state index contributed by atoms with van der Waals surface area (Å²) < 4.78 is 57.1. The van der Waals surface area contributed by atoms with Crippen LogP contribution in [0.4, 0.5) is 17.6 Å².